The molecule has 5 aromatic carbocycles. The maximum Gasteiger partial charge on any atom is 0.408 e. The number of nitrogens with zero attached hydrogens (tertiary/aromatic N) is 3. The van der Waals surface area contributed by atoms with Crippen molar-refractivity contribution in [2.75, 3.05) is 34.0 Å². The van der Waals surface area contributed by atoms with Crippen LogP contribution in [0.15, 0.2) is 140 Å². The second-order valence-electron chi connectivity index (χ2n) is 31.7. The van der Waals surface area contributed by atoms with Crippen molar-refractivity contribution in [2.24, 2.45) is 11.5 Å². The van der Waals surface area contributed by atoms with Gasteiger partial charge in [-0.3, -0.25) is 9.59 Å². The average molecular weight is 1560 g/mol. The van der Waals surface area contributed by atoms with Gasteiger partial charge in [0.05, 0.1) is 76.7 Å². The Bertz CT molecular complexity index is 4530. The molecule has 2 amide bonds. The number of benzene rings is 5. The quantitative estimate of drug-likeness (QED) is 0.0206. The Hall–Kier alpha value is -9.57. The number of ketones is 2. The number of pyridine rings is 3. The van der Waals surface area contributed by atoms with Crippen LogP contribution in [0.25, 0.3) is 33.8 Å². The minimum absolute atomic E-state index is 0.00835. The summed E-state index contributed by atoms with van der Waals surface area (Å²) in [6.07, 6.45) is -2.38. The standard InChI is InChI=1S/C34H42ClFN2O7.C29H35FN2O5.C22H30FN3O3/c1-20(39)19-44-28-12-10-22(16-29(28)43-8)27(40)13-14-34(7,42)30-18-23(33(5,6)38-31(41)45-32(2,3)4)17-26(37-30)21-9-11-25(36)24(35)15-21;1-18(33)17-37-25-11-8-20(14-26(25)36-5)24(34)12-13-29(4,35)27-16-21(28(2,3)31)15-23(32-27)19-6-9-22(30)10-7-19;1-20(2,3)29-19(27)26-21(4,5)15-11-17(14-7-9-16(23)10-8-14)25-18(12-15)22(6,28)13-24/h9-12,15-18,20,39,42H,13-14,19H2,1-8H3,(H,38,41);6-11,14-16,18,33,35H,12-13,17,31H2,1-5H3;7-12,28H,13,24H2,1-6H3,(H,26,27)/t20-,34?;18-,29?;/m11./s1. The third-order valence-electron chi connectivity index (χ3n) is 17.4. The number of methoxy groups -OCH3 is 2. The van der Waals surface area contributed by atoms with Crippen molar-refractivity contribution in [3.63, 3.8) is 0 Å². The number of hydrogen-bond acceptors (Lipinski definition) is 20. The van der Waals surface area contributed by atoms with E-state index in [0.717, 1.165) is 5.56 Å². The summed E-state index contributed by atoms with van der Waals surface area (Å²) >= 11 is 6.07. The molecular weight excluding hydrogens is 1450 g/mol. The lowest BCUT2D eigenvalue weighted by atomic mass is 9.87. The molecule has 0 aliphatic rings. The molecule has 0 saturated carbocycles. The lowest BCUT2D eigenvalue weighted by Gasteiger charge is -2.31. The van der Waals surface area contributed by atoms with Crippen LogP contribution in [0, 0.1) is 17.5 Å². The molecule has 0 radical (unpaired) electrons. The predicted molar refractivity (Wildman–Crippen MR) is 421 cm³/mol. The van der Waals surface area contributed by atoms with Gasteiger partial charge in [0.25, 0.3) is 0 Å². The topological polar surface area (TPSA) is 340 Å². The van der Waals surface area contributed by atoms with Crippen LogP contribution in [0.2, 0.25) is 5.02 Å². The lowest BCUT2D eigenvalue weighted by molar-refractivity contribution is 0.0393. The molecule has 5 atom stereocenters. The molecule has 0 fully saturated rings. The monoisotopic (exact) mass is 1560 g/mol. The second-order valence-corrected chi connectivity index (χ2v) is 32.1. The average Bonchev–Trinajstić information content (AvgIpc) is 0.535. The van der Waals surface area contributed by atoms with Gasteiger partial charge < -0.3 is 76.1 Å². The highest BCUT2D eigenvalue weighted by Gasteiger charge is 2.35. The van der Waals surface area contributed by atoms with Gasteiger partial charge in [0, 0.05) is 52.7 Å². The summed E-state index contributed by atoms with van der Waals surface area (Å²) < 4.78 is 73.4. The highest BCUT2D eigenvalue weighted by molar-refractivity contribution is 6.31. The number of halogens is 4. The molecule has 22 nitrogen and oxygen atoms in total. The normalized spacial score (nSPS) is 14.0. The Morgan fingerprint density at radius 1 is 0.468 bits per heavy atom. The largest absolute Gasteiger partial charge is 0.493 e. The molecule has 3 aromatic heterocycles. The molecule has 3 unspecified atom stereocenters. The summed E-state index contributed by atoms with van der Waals surface area (Å²) in [4.78, 5) is 65.1. The van der Waals surface area contributed by atoms with Gasteiger partial charge in [-0.25, -0.2) is 37.7 Å². The molecule has 111 heavy (non-hydrogen) atoms. The smallest absolute Gasteiger partial charge is 0.408 e. The number of nitrogens with two attached hydrogens (primary N) is 2. The first kappa shape index (κ1) is 90.3. The third-order valence-corrected chi connectivity index (χ3v) is 17.7. The molecule has 0 saturated heterocycles. The fourth-order valence-electron chi connectivity index (χ4n) is 10.8. The van der Waals surface area contributed by atoms with Gasteiger partial charge >= 0.3 is 12.2 Å². The highest BCUT2D eigenvalue weighted by Crippen LogP contribution is 2.38. The fraction of sp³-hybridized carbons (Fsp3) is 0.424. The van der Waals surface area contributed by atoms with E-state index in [9.17, 15) is 57.9 Å². The van der Waals surface area contributed by atoms with Crippen LogP contribution in [0.3, 0.4) is 0 Å². The molecular formula is C85H107ClF3N7O15. The van der Waals surface area contributed by atoms with Crippen LogP contribution in [0.4, 0.5) is 22.8 Å². The van der Waals surface area contributed by atoms with Crippen molar-refractivity contribution >= 4 is 35.4 Å². The molecule has 11 N–H and O–H groups in total. The van der Waals surface area contributed by atoms with Crippen LogP contribution in [-0.2, 0) is 42.9 Å². The van der Waals surface area contributed by atoms with Crippen LogP contribution in [-0.4, -0.2) is 122 Å². The molecule has 3 heterocycles. The summed E-state index contributed by atoms with van der Waals surface area (Å²) in [5, 5.41) is 58.3. The van der Waals surface area contributed by atoms with Gasteiger partial charge in [-0.05, 0) is 287 Å². The number of rotatable bonds is 28. The van der Waals surface area contributed by atoms with Crippen molar-refractivity contribution in [3.05, 3.63) is 207 Å². The van der Waals surface area contributed by atoms with E-state index in [1.807, 2.05) is 33.8 Å². The first-order valence-corrected chi connectivity index (χ1v) is 36.5. The van der Waals surface area contributed by atoms with Gasteiger partial charge in [-0.2, -0.15) is 0 Å². The Morgan fingerprint density at radius 3 is 1.14 bits per heavy atom. The molecule has 600 valence electrons. The maximum atomic E-state index is 14.0. The van der Waals surface area contributed by atoms with Gasteiger partial charge in [-0.15, -0.1) is 0 Å². The molecule has 8 aromatic rings. The van der Waals surface area contributed by atoms with E-state index < -0.39 is 74.8 Å². The molecule has 0 aliphatic heterocycles. The van der Waals surface area contributed by atoms with Crippen LogP contribution in [0.5, 0.6) is 23.0 Å². The van der Waals surface area contributed by atoms with E-state index in [4.69, 9.17) is 51.5 Å². The first-order chi connectivity index (χ1) is 51.3. The van der Waals surface area contributed by atoms with E-state index in [2.05, 4.69) is 25.6 Å². The number of amides is 2. The predicted octanol–water partition coefficient (Wildman–Crippen LogP) is 15.5. The number of carbonyl (C=O) groups is 4. The maximum absolute atomic E-state index is 14.0. The first-order valence-electron chi connectivity index (χ1n) is 36.1. The zero-order valence-electron chi connectivity index (χ0n) is 66.7. The lowest BCUT2D eigenvalue weighted by Crippen LogP contribution is -2.44. The van der Waals surface area contributed by atoms with Crippen molar-refractivity contribution in [3.8, 4) is 56.8 Å². The number of aliphatic hydroxyl groups excluding tert-OH is 2. The van der Waals surface area contributed by atoms with Gasteiger partial charge in [-0.1, -0.05) is 11.6 Å². The Balaban J connectivity index is 0.000000266. The van der Waals surface area contributed by atoms with Crippen molar-refractivity contribution < 1.29 is 86.3 Å². The number of Topliss-reactive ketones (excluding diaryl/α,β-unsaturated/α-hetero) is 2. The molecule has 0 spiro atoms. The second kappa shape index (κ2) is 37.2. The van der Waals surface area contributed by atoms with E-state index in [1.54, 1.807) is 181 Å². The van der Waals surface area contributed by atoms with Crippen LogP contribution in [0.1, 0.15) is 198 Å². The van der Waals surface area contributed by atoms with Crippen molar-refractivity contribution in [1.82, 2.24) is 25.6 Å². The van der Waals surface area contributed by atoms with E-state index in [-0.39, 0.29) is 79.4 Å². The fourth-order valence-corrected chi connectivity index (χ4v) is 11.0. The van der Waals surface area contributed by atoms with E-state index >= 15 is 0 Å². The molecule has 26 heteroatoms. The zero-order valence-corrected chi connectivity index (χ0v) is 67.5. The number of aromatic nitrogens is 3. The Morgan fingerprint density at radius 2 is 0.811 bits per heavy atom. The van der Waals surface area contributed by atoms with Crippen LogP contribution >= 0.6 is 11.6 Å². The Kier molecular flexibility index (Phi) is 30.2. The zero-order chi connectivity index (χ0) is 83.2. The third kappa shape index (κ3) is 26.8. The number of aliphatic hydroxyl groups is 5. The number of nitrogens with one attached hydrogen (secondary N) is 2. The summed E-state index contributed by atoms with van der Waals surface area (Å²) in [6, 6.07) is 36.0. The van der Waals surface area contributed by atoms with Gasteiger partial charge in [0.15, 0.2) is 34.6 Å². The highest BCUT2D eigenvalue weighted by atomic mass is 35.5. The summed E-state index contributed by atoms with van der Waals surface area (Å²) in [5.41, 5.74) is 10.9. The van der Waals surface area contributed by atoms with Crippen molar-refractivity contribution in [2.45, 2.75) is 200 Å². The number of hydrogen-bond donors (Lipinski definition) is 9. The minimum atomic E-state index is -1.59. The van der Waals surface area contributed by atoms with Crippen LogP contribution < -0.4 is 41.0 Å². The van der Waals surface area contributed by atoms with Gasteiger partial charge in [0.2, 0.25) is 0 Å². The molecule has 0 aliphatic carbocycles. The summed E-state index contributed by atoms with van der Waals surface area (Å²) in [7, 11) is 2.92. The number of carbonyl (C=O) groups excluding carboxylic acids is 4. The summed E-state index contributed by atoms with van der Waals surface area (Å²) in [5.74, 6) is -0.210. The van der Waals surface area contributed by atoms with E-state index in [0.29, 0.717) is 90.4 Å². The van der Waals surface area contributed by atoms with Gasteiger partial charge in [0.1, 0.15) is 58.7 Å². The number of alkyl carbamates (subject to hydrolysis) is 2. The minimum Gasteiger partial charge on any atom is -0.493 e. The number of ether oxygens (including phenoxy) is 6. The SMILES string of the molecule is CC(C)(C)OC(=O)NC(C)(C)c1cc(-c2ccc(F)cc2)nc(C(C)(O)CN)c1.COc1cc(C(=O)CCC(C)(O)c2cc(C(C)(C)N)cc(-c3ccc(F)cc3)n2)ccc1OC[C@@H](C)O.COc1cc(C(=O)CCC(C)(O)c2cc(C(C)(C)NC(=O)OC(C)(C)C)cc(-c3ccc(F)c(Cl)c3)n2)ccc1OC[C@@H](C)O. The Labute approximate surface area is 653 Å². The van der Waals surface area contributed by atoms with E-state index in [1.165, 1.54) is 56.7 Å². The molecule has 8 rings (SSSR count). The molecule has 0 bridgehead atoms. The summed E-state index contributed by atoms with van der Waals surface area (Å²) in [6.45, 7) is 29.6. The van der Waals surface area contributed by atoms with Crippen molar-refractivity contribution in [1.29, 1.82) is 0 Å².